The molecular weight excluding hydrogens is 458 g/mol. The van der Waals surface area contributed by atoms with Gasteiger partial charge in [-0.3, -0.25) is 4.99 Å². The topological polar surface area (TPSA) is 87.0 Å². The summed E-state index contributed by atoms with van der Waals surface area (Å²) < 4.78 is 5.30. The molecule has 0 amide bonds. The number of aliphatic imine (C=N–C) groups is 1. The summed E-state index contributed by atoms with van der Waals surface area (Å²) in [6.45, 7) is 5.87. The number of aliphatic hydroxyl groups is 1. The number of fused-ring (bicyclic) bond motifs is 5. The molecule has 0 bridgehead atoms. The Labute approximate surface area is 212 Å². The summed E-state index contributed by atoms with van der Waals surface area (Å²) in [5.74, 6) is 2.64. The van der Waals surface area contributed by atoms with E-state index >= 15 is 0 Å². The van der Waals surface area contributed by atoms with Gasteiger partial charge in [0.2, 0.25) is 0 Å². The van der Waals surface area contributed by atoms with Crippen molar-refractivity contribution in [2.24, 2.45) is 28.2 Å². The van der Waals surface area contributed by atoms with E-state index in [1.807, 2.05) is 25.3 Å². The number of methoxy groups -OCH3 is 1. The first kappa shape index (κ1) is 24.7. The molecule has 3 N–H and O–H groups in total. The number of hydrogen-bond acceptors (Lipinski definition) is 7. The van der Waals surface area contributed by atoms with Gasteiger partial charge >= 0.3 is 0 Å². The fourth-order valence-corrected chi connectivity index (χ4v) is 8.15. The molecule has 190 valence electrons. The van der Waals surface area contributed by atoms with Crippen molar-refractivity contribution < 1.29 is 14.9 Å². The highest BCUT2D eigenvalue weighted by molar-refractivity contribution is 7.15. The highest BCUT2D eigenvalue weighted by Crippen LogP contribution is 2.62. The van der Waals surface area contributed by atoms with Crippen LogP contribution < -0.4 is 5.32 Å². The molecule has 2 fully saturated rings. The summed E-state index contributed by atoms with van der Waals surface area (Å²) in [5, 5.41) is 24.7. The molecule has 35 heavy (non-hydrogen) atoms. The summed E-state index contributed by atoms with van der Waals surface area (Å²) in [7, 11) is 1.74. The zero-order valence-electron chi connectivity index (χ0n) is 21.2. The minimum atomic E-state index is -0.587. The second kappa shape index (κ2) is 10.2. The van der Waals surface area contributed by atoms with Crippen LogP contribution in [0.25, 0.3) is 0 Å². The van der Waals surface area contributed by atoms with E-state index in [1.165, 1.54) is 29.7 Å². The average Bonchev–Trinajstić information content (AvgIpc) is 3.37. The van der Waals surface area contributed by atoms with Crippen LogP contribution in [0.2, 0.25) is 0 Å². The Bertz CT molecular complexity index is 1070. The molecule has 6 atom stereocenters. The first-order valence-corrected chi connectivity index (χ1v) is 13.9. The number of hydrogen-bond donors (Lipinski definition) is 3. The molecule has 0 spiro atoms. The predicted octanol–water partition coefficient (Wildman–Crippen LogP) is 5.54. The summed E-state index contributed by atoms with van der Waals surface area (Å²) >= 11 is 1.58. The van der Waals surface area contributed by atoms with Crippen LogP contribution >= 0.6 is 11.3 Å². The Hall–Kier alpha value is -1.96. The fourth-order valence-electron chi connectivity index (χ4n) is 7.44. The number of phenols is 1. The molecule has 2 saturated carbocycles. The largest absolute Gasteiger partial charge is 0.508 e. The van der Waals surface area contributed by atoms with Crippen molar-refractivity contribution in [1.82, 2.24) is 4.98 Å². The molecule has 3 aliphatic rings. The zero-order chi connectivity index (χ0) is 24.6. The predicted molar refractivity (Wildman–Crippen MR) is 141 cm³/mol. The molecule has 2 aromatic rings. The molecule has 0 radical (unpaired) electrons. The highest BCUT2D eigenvalue weighted by atomic mass is 32.1. The highest BCUT2D eigenvalue weighted by Gasteiger charge is 2.57. The lowest BCUT2D eigenvalue weighted by Crippen LogP contribution is -2.44. The Morgan fingerprint density at radius 3 is 2.97 bits per heavy atom. The Morgan fingerprint density at radius 2 is 2.20 bits per heavy atom. The summed E-state index contributed by atoms with van der Waals surface area (Å²) in [6, 6.07) is 6.01. The maximum atomic E-state index is 10.7. The van der Waals surface area contributed by atoms with Crippen molar-refractivity contribution in [2.75, 3.05) is 25.6 Å². The number of rotatable bonds is 8. The Balaban J connectivity index is 1.37. The van der Waals surface area contributed by atoms with Gasteiger partial charge in [-0.15, -0.1) is 11.3 Å². The second-order valence-electron chi connectivity index (χ2n) is 11.0. The van der Waals surface area contributed by atoms with E-state index < -0.39 is 6.23 Å². The quantitative estimate of drug-likeness (QED) is 0.329. The van der Waals surface area contributed by atoms with Crippen molar-refractivity contribution in [3.05, 3.63) is 40.4 Å². The lowest BCUT2D eigenvalue weighted by Gasteiger charge is -2.50. The van der Waals surface area contributed by atoms with Crippen LogP contribution in [0.4, 0.5) is 5.13 Å². The normalized spacial score (nSPS) is 31.6. The molecule has 7 heteroatoms. The average molecular weight is 498 g/mol. The van der Waals surface area contributed by atoms with E-state index in [2.05, 4.69) is 23.3 Å². The standard InChI is InChI=1S/C28H39N3O3S/c1-17-16-30-27(35-17)31-25(33)9-5-19-15-24(29-12-13-34-3)28(2)11-10-22-21-8-6-20(32)14-18(21)4-7-23(22)26(19)28/h6,8,14,16,19,22-23,25-26,32-33H,4-5,7,9-13,15H2,1-3H3,(H,30,31). The van der Waals surface area contributed by atoms with Crippen LogP contribution in [0.5, 0.6) is 5.75 Å². The number of nitrogens with zero attached hydrogens (tertiary/aromatic N) is 2. The van der Waals surface area contributed by atoms with E-state index in [0.29, 0.717) is 42.4 Å². The van der Waals surface area contributed by atoms with Gasteiger partial charge in [0.1, 0.15) is 12.0 Å². The van der Waals surface area contributed by atoms with Gasteiger partial charge in [-0.1, -0.05) is 13.0 Å². The molecule has 6 nitrogen and oxygen atoms in total. The third-order valence-corrected chi connectivity index (χ3v) is 9.75. The van der Waals surface area contributed by atoms with Crippen molar-refractivity contribution in [1.29, 1.82) is 0 Å². The minimum Gasteiger partial charge on any atom is -0.508 e. The molecule has 1 aromatic carbocycles. The number of benzene rings is 1. The zero-order valence-corrected chi connectivity index (χ0v) is 22.0. The van der Waals surface area contributed by atoms with Gasteiger partial charge in [0.15, 0.2) is 5.13 Å². The van der Waals surface area contributed by atoms with Crippen LogP contribution in [0.1, 0.15) is 67.4 Å². The van der Waals surface area contributed by atoms with Crippen molar-refractivity contribution in [3.8, 4) is 5.75 Å². The van der Waals surface area contributed by atoms with Gasteiger partial charge < -0.3 is 20.3 Å². The third kappa shape index (κ3) is 4.87. The SMILES string of the molecule is COCCN=C1CC(CCC(O)Nc2ncc(C)s2)C2C3CCc4cc(O)ccc4C3CCC12C. The smallest absolute Gasteiger partial charge is 0.184 e. The monoisotopic (exact) mass is 497 g/mol. The van der Waals surface area contributed by atoms with Crippen molar-refractivity contribution in [3.63, 3.8) is 0 Å². The van der Waals surface area contributed by atoms with Crippen LogP contribution in [0.3, 0.4) is 0 Å². The van der Waals surface area contributed by atoms with Crippen LogP contribution in [-0.4, -0.2) is 47.4 Å². The molecule has 3 aliphatic carbocycles. The molecule has 0 aliphatic heterocycles. The third-order valence-electron chi connectivity index (χ3n) is 8.90. The number of aryl methyl sites for hydroxylation is 2. The van der Waals surface area contributed by atoms with Gasteiger partial charge in [-0.05, 0) is 98.8 Å². The van der Waals surface area contributed by atoms with Crippen LogP contribution in [0.15, 0.2) is 29.4 Å². The maximum Gasteiger partial charge on any atom is 0.184 e. The summed E-state index contributed by atoms with van der Waals surface area (Å²) in [4.78, 5) is 10.6. The molecule has 6 unspecified atom stereocenters. The van der Waals surface area contributed by atoms with Crippen LogP contribution in [-0.2, 0) is 11.2 Å². The number of nitrogens with one attached hydrogen (secondary N) is 1. The Kier molecular flexibility index (Phi) is 7.20. The first-order valence-electron chi connectivity index (χ1n) is 13.1. The maximum absolute atomic E-state index is 10.7. The van der Waals surface area contributed by atoms with E-state index in [1.54, 1.807) is 18.4 Å². The van der Waals surface area contributed by atoms with E-state index in [-0.39, 0.29) is 5.41 Å². The lowest BCUT2D eigenvalue weighted by atomic mass is 9.54. The van der Waals surface area contributed by atoms with Crippen molar-refractivity contribution in [2.45, 2.75) is 70.9 Å². The van der Waals surface area contributed by atoms with Crippen LogP contribution in [0, 0.1) is 30.1 Å². The van der Waals surface area contributed by atoms with Gasteiger partial charge in [0.05, 0.1) is 13.2 Å². The summed E-state index contributed by atoms with van der Waals surface area (Å²) in [6.07, 6.45) is 8.51. The van der Waals surface area contributed by atoms with E-state index in [4.69, 9.17) is 9.73 Å². The van der Waals surface area contributed by atoms with Gasteiger partial charge in [-0.25, -0.2) is 4.98 Å². The summed E-state index contributed by atoms with van der Waals surface area (Å²) in [5.41, 5.74) is 4.28. The van der Waals surface area contributed by atoms with Gasteiger partial charge in [0.25, 0.3) is 0 Å². The van der Waals surface area contributed by atoms with Gasteiger partial charge in [-0.2, -0.15) is 0 Å². The van der Waals surface area contributed by atoms with E-state index in [0.717, 1.165) is 42.2 Å². The number of phenolic OH excluding ortho intramolecular Hbond substituents is 1. The van der Waals surface area contributed by atoms with Crippen molar-refractivity contribution >= 4 is 22.2 Å². The molecule has 0 saturated heterocycles. The number of aromatic nitrogens is 1. The molecule has 1 heterocycles. The lowest BCUT2D eigenvalue weighted by molar-refractivity contribution is 0.0514. The number of ether oxygens (including phenoxy) is 1. The molecular formula is C28H39N3O3S. The first-order chi connectivity index (χ1) is 16.9. The Morgan fingerprint density at radius 1 is 1.34 bits per heavy atom. The fraction of sp³-hybridized carbons (Fsp3) is 0.643. The molecule has 1 aromatic heterocycles. The number of thiazole rings is 1. The molecule has 5 rings (SSSR count). The second-order valence-corrected chi connectivity index (χ2v) is 12.2. The van der Waals surface area contributed by atoms with Gasteiger partial charge in [0, 0.05) is 29.3 Å². The minimum absolute atomic E-state index is 0.124. The number of aliphatic hydroxyl groups excluding tert-OH is 1. The number of anilines is 1. The van der Waals surface area contributed by atoms with E-state index in [9.17, 15) is 10.2 Å². The number of aromatic hydroxyl groups is 1.